The van der Waals surface area contributed by atoms with E-state index < -0.39 is 8.80 Å². The summed E-state index contributed by atoms with van der Waals surface area (Å²) in [5.74, 6) is 0. The van der Waals surface area contributed by atoms with Crippen molar-refractivity contribution < 1.29 is 18.0 Å². The molecule has 1 spiro atoms. The molecule has 4 nitrogen and oxygen atoms in total. The van der Waals surface area contributed by atoms with E-state index in [0.29, 0.717) is 11.6 Å². The highest BCUT2D eigenvalue weighted by Gasteiger charge is 2.70. The molecule has 0 aromatic heterocycles. The number of rotatable bonds is 4. The Morgan fingerprint density at radius 3 is 2.40 bits per heavy atom. The summed E-state index contributed by atoms with van der Waals surface area (Å²) in [7, 11) is 2.52. The van der Waals surface area contributed by atoms with Gasteiger partial charge in [0.15, 0.2) is 0 Å². The first kappa shape index (κ1) is 9.98. The van der Waals surface area contributed by atoms with Gasteiger partial charge < -0.3 is 18.0 Å². The first-order valence-electron chi connectivity index (χ1n) is 5.23. The van der Waals surface area contributed by atoms with Gasteiger partial charge in [0.25, 0.3) is 0 Å². The van der Waals surface area contributed by atoms with Gasteiger partial charge in [-0.3, -0.25) is 0 Å². The van der Waals surface area contributed by atoms with Gasteiger partial charge in [-0.2, -0.15) is 0 Å². The molecule has 1 aliphatic heterocycles. The Morgan fingerprint density at radius 2 is 2.00 bits per heavy atom. The highest BCUT2D eigenvalue weighted by Crippen LogP contribution is 2.64. The average molecular weight is 228 g/mol. The largest absolute Gasteiger partial charge is 0.507 e. The van der Waals surface area contributed by atoms with Crippen LogP contribution in [0.5, 0.6) is 0 Å². The zero-order valence-electron chi connectivity index (χ0n) is 9.28. The van der Waals surface area contributed by atoms with Crippen molar-refractivity contribution in [2.45, 2.75) is 30.1 Å². The Morgan fingerprint density at radius 1 is 1.33 bits per heavy atom. The lowest BCUT2D eigenvalue weighted by Crippen LogP contribution is -2.48. The van der Waals surface area contributed by atoms with E-state index in [0.717, 1.165) is 12.8 Å². The highest BCUT2D eigenvalue weighted by molar-refractivity contribution is 6.63. The van der Waals surface area contributed by atoms with Crippen LogP contribution in [0.4, 0.5) is 0 Å². The van der Waals surface area contributed by atoms with E-state index in [1.54, 1.807) is 21.3 Å². The fourth-order valence-electron chi connectivity index (χ4n) is 3.13. The van der Waals surface area contributed by atoms with Gasteiger partial charge >= 0.3 is 8.80 Å². The predicted molar refractivity (Wildman–Crippen MR) is 55.5 cm³/mol. The zero-order chi connectivity index (χ0) is 10.7. The fraction of sp³-hybridized carbons (Fsp3) is 0.800. The highest BCUT2D eigenvalue weighted by atomic mass is 28.4. The first-order chi connectivity index (χ1) is 7.19. The van der Waals surface area contributed by atoms with Crippen LogP contribution in [-0.4, -0.2) is 41.8 Å². The molecule has 2 bridgehead atoms. The van der Waals surface area contributed by atoms with Gasteiger partial charge in [-0.05, 0) is 6.42 Å². The van der Waals surface area contributed by atoms with Crippen molar-refractivity contribution in [1.29, 1.82) is 0 Å². The Labute approximate surface area is 90.5 Å². The van der Waals surface area contributed by atoms with E-state index in [1.165, 1.54) is 5.57 Å². The van der Waals surface area contributed by atoms with Crippen molar-refractivity contribution in [3.8, 4) is 0 Å². The van der Waals surface area contributed by atoms with Crippen LogP contribution in [0.2, 0.25) is 5.54 Å². The number of hydrogen-bond donors (Lipinski definition) is 0. The number of ether oxygens (including phenoxy) is 1. The topological polar surface area (TPSA) is 40.2 Å². The first-order valence-corrected chi connectivity index (χ1v) is 7.04. The molecular weight excluding hydrogens is 212 g/mol. The summed E-state index contributed by atoms with van der Waals surface area (Å²) in [6, 6.07) is 0. The third-order valence-corrected chi connectivity index (χ3v) is 7.10. The summed E-state index contributed by atoms with van der Waals surface area (Å²) in [4.78, 5) is 0. The average Bonchev–Trinajstić information content (AvgIpc) is 2.68. The van der Waals surface area contributed by atoms with Crippen LogP contribution >= 0.6 is 0 Å². The molecule has 3 rings (SSSR count). The minimum Gasteiger partial charge on any atom is -0.376 e. The maximum absolute atomic E-state index is 5.67. The van der Waals surface area contributed by atoms with Crippen molar-refractivity contribution >= 4 is 8.80 Å². The second kappa shape index (κ2) is 2.92. The molecule has 1 saturated carbocycles. The maximum Gasteiger partial charge on any atom is 0.507 e. The van der Waals surface area contributed by atoms with Crippen LogP contribution in [0, 0.1) is 0 Å². The van der Waals surface area contributed by atoms with E-state index in [2.05, 4.69) is 6.08 Å². The number of epoxide rings is 1. The lowest BCUT2D eigenvalue weighted by molar-refractivity contribution is 0.114. The van der Waals surface area contributed by atoms with Crippen LogP contribution in [0.3, 0.4) is 0 Å². The normalized spacial score (nSPS) is 41.7. The minimum atomic E-state index is -2.51. The Bertz CT molecular complexity index is 317. The van der Waals surface area contributed by atoms with Crippen LogP contribution in [0.1, 0.15) is 12.8 Å². The second-order valence-corrected chi connectivity index (χ2v) is 7.62. The molecule has 2 fully saturated rings. The molecule has 0 aromatic rings. The van der Waals surface area contributed by atoms with Crippen LogP contribution < -0.4 is 0 Å². The van der Waals surface area contributed by atoms with Crippen molar-refractivity contribution in [1.82, 2.24) is 0 Å². The lowest BCUT2D eigenvalue weighted by Gasteiger charge is -2.31. The van der Waals surface area contributed by atoms with E-state index in [4.69, 9.17) is 18.0 Å². The third kappa shape index (κ3) is 1.10. The number of hydrogen-bond acceptors (Lipinski definition) is 4. The molecule has 0 amide bonds. The molecule has 15 heavy (non-hydrogen) atoms. The van der Waals surface area contributed by atoms with E-state index in [-0.39, 0.29) is 5.60 Å². The van der Waals surface area contributed by atoms with Gasteiger partial charge in [0.1, 0.15) is 11.7 Å². The summed E-state index contributed by atoms with van der Waals surface area (Å²) >= 11 is 0. The molecule has 1 saturated heterocycles. The maximum atomic E-state index is 5.67. The van der Waals surface area contributed by atoms with E-state index >= 15 is 0 Å². The van der Waals surface area contributed by atoms with Crippen LogP contribution in [0.25, 0.3) is 0 Å². The monoisotopic (exact) mass is 228 g/mol. The zero-order valence-corrected chi connectivity index (χ0v) is 10.3. The molecule has 3 aliphatic rings. The van der Waals surface area contributed by atoms with Gasteiger partial charge in [0.05, 0.1) is 5.54 Å². The van der Waals surface area contributed by atoms with Gasteiger partial charge in [0.2, 0.25) is 0 Å². The molecule has 0 N–H and O–H groups in total. The summed E-state index contributed by atoms with van der Waals surface area (Å²) in [6.45, 7) is 0. The molecule has 5 heteroatoms. The van der Waals surface area contributed by atoms with Crippen molar-refractivity contribution in [3.05, 3.63) is 11.6 Å². The second-order valence-electron chi connectivity index (χ2n) is 4.49. The van der Waals surface area contributed by atoms with Crippen LogP contribution in [0.15, 0.2) is 11.6 Å². The molecule has 2 aliphatic carbocycles. The molecular formula is C10H16O4Si. The molecule has 84 valence electrons. The lowest BCUT2D eigenvalue weighted by atomic mass is 10.1. The predicted octanol–water partition coefficient (Wildman–Crippen LogP) is 1.11. The van der Waals surface area contributed by atoms with Crippen molar-refractivity contribution in [2.75, 3.05) is 21.3 Å². The minimum absolute atomic E-state index is 0.105. The van der Waals surface area contributed by atoms with E-state index in [1.807, 2.05) is 0 Å². The molecule has 3 unspecified atom stereocenters. The molecule has 0 radical (unpaired) electrons. The van der Waals surface area contributed by atoms with Gasteiger partial charge in [-0.25, -0.2) is 0 Å². The van der Waals surface area contributed by atoms with Crippen molar-refractivity contribution in [2.24, 2.45) is 0 Å². The van der Waals surface area contributed by atoms with E-state index in [9.17, 15) is 0 Å². The standard InChI is InChI=1S/C10H16O4Si/c1-11-15(12-2,13-3)8-6-10-5-7(8)4-9(10)14-10/h4,8-9H,5-6H2,1-3H3. The summed E-state index contributed by atoms with van der Waals surface area (Å²) in [5, 5.41) is 0. The van der Waals surface area contributed by atoms with Crippen LogP contribution in [-0.2, 0) is 18.0 Å². The SMILES string of the molecule is CO[Si](OC)(OC)C1CC23CC1=CC2O3. The Kier molecular flexibility index (Phi) is 1.95. The van der Waals surface area contributed by atoms with Gasteiger partial charge in [-0.15, -0.1) is 0 Å². The Balaban J connectivity index is 1.89. The van der Waals surface area contributed by atoms with Gasteiger partial charge in [-0.1, -0.05) is 11.6 Å². The van der Waals surface area contributed by atoms with Gasteiger partial charge in [0, 0.05) is 27.8 Å². The number of fused-ring (bicyclic) bond motifs is 1. The quantitative estimate of drug-likeness (QED) is 0.410. The van der Waals surface area contributed by atoms with Crippen molar-refractivity contribution in [3.63, 3.8) is 0 Å². The summed E-state index contributed by atoms with van der Waals surface area (Å²) in [6.07, 6.45) is 4.66. The molecule has 0 aromatic carbocycles. The molecule has 3 atom stereocenters. The Hall–Kier alpha value is -0.203. The summed E-state index contributed by atoms with van der Waals surface area (Å²) in [5.41, 5.74) is 1.83. The fourth-order valence-corrected chi connectivity index (χ4v) is 5.73. The summed E-state index contributed by atoms with van der Waals surface area (Å²) < 4.78 is 22.3. The third-order valence-electron chi connectivity index (χ3n) is 3.97. The smallest absolute Gasteiger partial charge is 0.376 e. The molecule has 1 heterocycles.